The molecule has 7 heteroatoms. The third-order valence-electron chi connectivity index (χ3n) is 4.96. The number of hydrogen-bond acceptors (Lipinski definition) is 5. The minimum atomic E-state index is -0.106. The maximum atomic E-state index is 12.3. The van der Waals surface area contributed by atoms with E-state index in [1.165, 1.54) is 0 Å². The summed E-state index contributed by atoms with van der Waals surface area (Å²) in [7, 11) is 1.73. The van der Waals surface area contributed by atoms with Crippen LogP contribution in [0, 0.1) is 0 Å². The topological polar surface area (TPSA) is 73.0 Å². The molecule has 1 saturated heterocycles. The smallest absolute Gasteiger partial charge is 0.273 e. The fraction of sp³-hybridized carbons (Fsp3) is 0.579. The molecule has 1 aliphatic rings. The maximum Gasteiger partial charge on any atom is 0.273 e. The molecule has 0 aromatic carbocycles. The molecule has 2 aromatic heterocycles. The molecule has 3 heterocycles. The van der Waals surface area contributed by atoms with Crippen LogP contribution < -0.4 is 11.1 Å². The Morgan fingerprint density at radius 2 is 2.00 bits per heavy atom. The standard InChI is InChI=1S/C19H27N5O2/c1-19(2,3)16-7-8-17(25)24(21-16)12-14-6-5-10-23(14)13-15-18(26)22(4)11-9-20-15/h7-9,11,14H,5-6,10,12-13H2,1-4H3. The number of rotatable bonds is 4. The maximum absolute atomic E-state index is 12.3. The molecule has 0 aliphatic carbocycles. The Labute approximate surface area is 153 Å². The predicted octanol–water partition coefficient (Wildman–Crippen LogP) is 1.30. The zero-order valence-corrected chi connectivity index (χ0v) is 16.0. The van der Waals surface area contributed by atoms with Crippen LogP contribution in [0.2, 0.25) is 0 Å². The summed E-state index contributed by atoms with van der Waals surface area (Å²) < 4.78 is 3.12. The summed E-state index contributed by atoms with van der Waals surface area (Å²) in [4.78, 5) is 31.0. The van der Waals surface area contributed by atoms with Crippen LogP contribution in [-0.2, 0) is 25.6 Å². The Morgan fingerprint density at radius 3 is 2.73 bits per heavy atom. The number of aryl methyl sites for hydroxylation is 1. The van der Waals surface area contributed by atoms with Crippen LogP contribution in [0.1, 0.15) is 45.0 Å². The van der Waals surface area contributed by atoms with Gasteiger partial charge in [-0.05, 0) is 25.5 Å². The van der Waals surface area contributed by atoms with E-state index in [0.29, 0.717) is 18.8 Å². The van der Waals surface area contributed by atoms with E-state index in [1.54, 1.807) is 34.8 Å². The van der Waals surface area contributed by atoms with Crippen LogP contribution in [0.5, 0.6) is 0 Å². The van der Waals surface area contributed by atoms with Crippen molar-refractivity contribution < 1.29 is 0 Å². The van der Waals surface area contributed by atoms with Crippen molar-refractivity contribution >= 4 is 0 Å². The summed E-state index contributed by atoms with van der Waals surface area (Å²) in [6.45, 7) is 8.20. The van der Waals surface area contributed by atoms with Crippen molar-refractivity contribution in [3.63, 3.8) is 0 Å². The van der Waals surface area contributed by atoms with Crippen molar-refractivity contribution in [3.8, 4) is 0 Å². The molecule has 1 aliphatic heterocycles. The molecule has 0 amide bonds. The molecule has 7 nitrogen and oxygen atoms in total. The summed E-state index contributed by atoms with van der Waals surface area (Å²) in [5, 5.41) is 4.58. The van der Waals surface area contributed by atoms with Gasteiger partial charge in [-0.25, -0.2) is 4.68 Å². The Morgan fingerprint density at radius 1 is 1.23 bits per heavy atom. The fourth-order valence-corrected chi connectivity index (χ4v) is 3.34. The molecule has 2 aromatic rings. The number of nitrogens with zero attached hydrogens (tertiary/aromatic N) is 5. The monoisotopic (exact) mass is 357 g/mol. The number of likely N-dealkylation sites (tertiary alicyclic amines) is 1. The molecule has 3 rings (SSSR count). The van der Waals surface area contributed by atoms with Crippen molar-refractivity contribution in [2.45, 2.75) is 58.2 Å². The van der Waals surface area contributed by atoms with Gasteiger partial charge < -0.3 is 4.57 Å². The highest BCUT2D eigenvalue weighted by atomic mass is 16.1. The third-order valence-corrected chi connectivity index (χ3v) is 4.96. The molecule has 1 fully saturated rings. The summed E-state index contributed by atoms with van der Waals surface area (Å²) in [6.07, 6.45) is 5.35. The van der Waals surface area contributed by atoms with Crippen LogP contribution in [0.25, 0.3) is 0 Å². The molecule has 0 bridgehead atoms. The van der Waals surface area contributed by atoms with Crippen LogP contribution >= 0.6 is 0 Å². The van der Waals surface area contributed by atoms with Crippen molar-refractivity contribution in [2.24, 2.45) is 7.05 Å². The van der Waals surface area contributed by atoms with E-state index in [-0.39, 0.29) is 22.6 Å². The lowest BCUT2D eigenvalue weighted by Gasteiger charge is -2.25. The molecular formula is C19H27N5O2. The third kappa shape index (κ3) is 3.93. The van der Waals surface area contributed by atoms with Gasteiger partial charge in [0.25, 0.3) is 11.1 Å². The quantitative estimate of drug-likeness (QED) is 0.825. The average molecular weight is 357 g/mol. The van der Waals surface area contributed by atoms with Gasteiger partial charge in [0, 0.05) is 43.5 Å². The molecule has 0 radical (unpaired) electrons. The highest BCUT2D eigenvalue weighted by Crippen LogP contribution is 2.21. The summed E-state index contributed by atoms with van der Waals surface area (Å²) in [6, 6.07) is 3.59. The number of aromatic nitrogens is 4. The minimum absolute atomic E-state index is 0.0665. The molecule has 0 spiro atoms. The molecular weight excluding hydrogens is 330 g/mol. The number of hydrogen-bond donors (Lipinski definition) is 0. The van der Waals surface area contributed by atoms with E-state index >= 15 is 0 Å². The van der Waals surface area contributed by atoms with Gasteiger partial charge in [-0.2, -0.15) is 5.10 Å². The van der Waals surface area contributed by atoms with Gasteiger partial charge in [0.05, 0.1) is 12.2 Å². The highest BCUT2D eigenvalue weighted by Gasteiger charge is 2.27. The first-order valence-corrected chi connectivity index (χ1v) is 9.09. The Kier molecular flexibility index (Phi) is 5.09. The summed E-state index contributed by atoms with van der Waals surface area (Å²) in [5.74, 6) is 0. The van der Waals surface area contributed by atoms with Gasteiger partial charge >= 0.3 is 0 Å². The van der Waals surface area contributed by atoms with E-state index < -0.39 is 0 Å². The molecule has 1 atom stereocenters. The van der Waals surface area contributed by atoms with Crippen LogP contribution in [0.4, 0.5) is 0 Å². The van der Waals surface area contributed by atoms with E-state index in [4.69, 9.17) is 0 Å². The normalized spacial score (nSPS) is 18.4. The molecule has 1 unspecified atom stereocenters. The van der Waals surface area contributed by atoms with E-state index in [9.17, 15) is 9.59 Å². The van der Waals surface area contributed by atoms with Crippen LogP contribution in [-0.4, -0.2) is 36.8 Å². The predicted molar refractivity (Wildman–Crippen MR) is 100 cm³/mol. The zero-order chi connectivity index (χ0) is 18.9. The lowest BCUT2D eigenvalue weighted by Crippen LogP contribution is -2.39. The Balaban J connectivity index is 1.80. The fourth-order valence-electron chi connectivity index (χ4n) is 3.34. The first-order chi connectivity index (χ1) is 12.3. The van der Waals surface area contributed by atoms with Gasteiger partial charge in [0.15, 0.2) is 0 Å². The van der Waals surface area contributed by atoms with Gasteiger partial charge in [0.1, 0.15) is 5.69 Å². The summed E-state index contributed by atoms with van der Waals surface area (Å²) >= 11 is 0. The molecule has 0 N–H and O–H groups in total. The molecule has 0 saturated carbocycles. The first kappa shape index (κ1) is 18.5. The van der Waals surface area contributed by atoms with Crippen molar-refractivity contribution in [2.75, 3.05) is 6.54 Å². The zero-order valence-electron chi connectivity index (χ0n) is 16.0. The first-order valence-electron chi connectivity index (χ1n) is 9.09. The average Bonchev–Trinajstić information content (AvgIpc) is 3.00. The van der Waals surface area contributed by atoms with Crippen LogP contribution in [0.15, 0.2) is 34.1 Å². The molecule has 140 valence electrons. The van der Waals surface area contributed by atoms with Gasteiger partial charge in [-0.3, -0.25) is 19.5 Å². The highest BCUT2D eigenvalue weighted by molar-refractivity contribution is 5.10. The van der Waals surface area contributed by atoms with E-state index in [0.717, 1.165) is 25.1 Å². The Bertz CT molecular complexity index is 894. The SMILES string of the molecule is Cn1ccnc(CN2CCCC2Cn2nc(C(C)(C)C)ccc2=O)c1=O. The van der Waals surface area contributed by atoms with E-state index in [1.807, 2.05) is 6.07 Å². The summed E-state index contributed by atoms with van der Waals surface area (Å²) in [5.41, 5.74) is 1.19. The largest absolute Gasteiger partial charge is 0.315 e. The van der Waals surface area contributed by atoms with Gasteiger partial charge in [-0.15, -0.1) is 0 Å². The second kappa shape index (κ2) is 7.15. The van der Waals surface area contributed by atoms with Crippen molar-refractivity contribution in [1.29, 1.82) is 0 Å². The Hall–Kier alpha value is -2.28. The van der Waals surface area contributed by atoms with Crippen molar-refractivity contribution in [1.82, 2.24) is 24.2 Å². The molecule has 26 heavy (non-hydrogen) atoms. The second-order valence-electron chi connectivity index (χ2n) is 8.05. The lowest BCUT2D eigenvalue weighted by atomic mass is 9.92. The second-order valence-corrected chi connectivity index (χ2v) is 8.05. The minimum Gasteiger partial charge on any atom is -0.315 e. The van der Waals surface area contributed by atoms with E-state index in [2.05, 4.69) is 35.8 Å². The van der Waals surface area contributed by atoms with Crippen molar-refractivity contribution in [3.05, 3.63) is 56.6 Å². The van der Waals surface area contributed by atoms with Gasteiger partial charge in [0.2, 0.25) is 0 Å². The lowest BCUT2D eigenvalue weighted by molar-refractivity contribution is 0.212. The van der Waals surface area contributed by atoms with Gasteiger partial charge in [-0.1, -0.05) is 20.8 Å². The van der Waals surface area contributed by atoms with Crippen LogP contribution in [0.3, 0.4) is 0 Å².